The Morgan fingerprint density at radius 3 is 1.83 bits per heavy atom. The number of hydrogen-bond acceptors (Lipinski definition) is 6. The van der Waals surface area contributed by atoms with Crippen LogP contribution < -0.4 is 0 Å². The van der Waals surface area contributed by atoms with E-state index in [0.29, 0.717) is 26.9 Å². The number of nitro benzene ring substituents is 1. The fourth-order valence-electron chi connectivity index (χ4n) is 2.37. The summed E-state index contributed by atoms with van der Waals surface area (Å²) in [5.41, 5.74) is 1.05. The zero-order valence-corrected chi connectivity index (χ0v) is 16.2. The third-order valence-corrected chi connectivity index (χ3v) is 4.30. The van der Waals surface area contributed by atoms with Gasteiger partial charge in [-0.1, -0.05) is 23.2 Å². The predicted molar refractivity (Wildman–Crippen MR) is 114 cm³/mol. The summed E-state index contributed by atoms with van der Waals surface area (Å²) in [5.74, 6) is -0.0635. The van der Waals surface area contributed by atoms with Crippen molar-refractivity contribution in [1.82, 2.24) is 0 Å². The van der Waals surface area contributed by atoms with Crippen molar-refractivity contribution in [3.63, 3.8) is 0 Å². The average molecular weight is 430 g/mol. The van der Waals surface area contributed by atoms with Crippen LogP contribution >= 0.6 is 23.2 Å². The molecule has 146 valence electrons. The van der Waals surface area contributed by atoms with Crippen LogP contribution in [0.15, 0.2) is 64.6 Å². The van der Waals surface area contributed by atoms with Crippen molar-refractivity contribution in [3.8, 4) is 11.5 Å². The summed E-state index contributed by atoms with van der Waals surface area (Å²) in [5, 5.41) is 31.7. The van der Waals surface area contributed by atoms with Gasteiger partial charge in [-0.3, -0.25) is 20.1 Å². The summed E-state index contributed by atoms with van der Waals surface area (Å²) >= 11 is 11.8. The van der Waals surface area contributed by atoms with E-state index in [4.69, 9.17) is 23.2 Å². The van der Waals surface area contributed by atoms with Gasteiger partial charge < -0.3 is 10.2 Å². The minimum Gasteiger partial charge on any atom is -0.507 e. The Labute approximate surface area is 175 Å². The van der Waals surface area contributed by atoms with Crippen LogP contribution in [-0.2, 0) is 0 Å². The minimum absolute atomic E-state index is 0.0195. The number of aliphatic imine (C=N–C) groups is 2. The highest BCUT2D eigenvalue weighted by atomic mass is 35.5. The van der Waals surface area contributed by atoms with Crippen LogP contribution in [0.25, 0.3) is 0 Å². The van der Waals surface area contributed by atoms with Gasteiger partial charge in [0, 0.05) is 45.7 Å². The van der Waals surface area contributed by atoms with E-state index < -0.39 is 4.92 Å². The summed E-state index contributed by atoms with van der Waals surface area (Å²) in [6.45, 7) is 0. The van der Waals surface area contributed by atoms with Crippen molar-refractivity contribution >= 4 is 52.7 Å². The van der Waals surface area contributed by atoms with Gasteiger partial charge in [0.05, 0.1) is 16.3 Å². The van der Waals surface area contributed by atoms with Crippen molar-refractivity contribution in [3.05, 3.63) is 85.9 Å². The molecule has 0 aliphatic rings. The fraction of sp³-hybridized carbons (Fsp3) is 0. The van der Waals surface area contributed by atoms with E-state index in [2.05, 4.69) is 9.98 Å². The lowest BCUT2D eigenvalue weighted by Gasteiger charge is -2.03. The van der Waals surface area contributed by atoms with E-state index in [1.165, 1.54) is 67.0 Å². The molecule has 0 fully saturated rings. The SMILES string of the molecule is O=[N+]([O-])c1ccc(N=Cc2cc(Cl)ccc2O)c(N=Cc2cc(Cl)ccc2O)c1. The number of phenolic OH excluding ortho intramolecular Hbond substituents is 2. The van der Waals surface area contributed by atoms with Crippen molar-refractivity contribution in [2.45, 2.75) is 0 Å². The van der Waals surface area contributed by atoms with Gasteiger partial charge in [0.1, 0.15) is 11.5 Å². The molecule has 29 heavy (non-hydrogen) atoms. The maximum atomic E-state index is 11.1. The number of aromatic hydroxyl groups is 2. The first-order valence-electron chi connectivity index (χ1n) is 8.17. The van der Waals surface area contributed by atoms with Crippen LogP contribution in [0.2, 0.25) is 10.0 Å². The number of hydrogen-bond donors (Lipinski definition) is 2. The van der Waals surface area contributed by atoms with Crippen LogP contribution in [0.4, 0.5) is 17.1 Å². The minimum atomic E-state index is -0.549. The maximum Gasteiger partial charge on any atom is 0.271 e. The lowest BCUT2D eigenvalue weighted by atomic mass is 10.2. The van der Waals surface area contributed by atoms with Gasteiger partial charge in [-0.25, -0.2) is 0 Å². The van der Waals surface area contributed by atoms with E-state index in [0.717, 1.165) is 0 Å². The normalized spacial score (nSPS) is 11.4. The third-order valence-electron chi connectivity index (χ3n) is 3.83. The molecule has 0 bridgehead atoms. The molecule has 3 aromatic carbocycles. The second-order valence-electron chi connectivity index (χ2n) is 5.85. The molecule has 3 rings (SSSR count). The van der Waals surface area contributed by atoms with Gasteiger partial charge in [-0.05, 0) is 42.5 Å². The molecule has 0 aliphatic carbocycles. The molecule has 3 aromatic rings. The Bertz CT molecular complexity index is 1150. The van der Waals surface area contributed by atoms with Crippen LogP contribution in [-0.4, -0.2) is 27.6 Å². The summed E-state index contributed by atoms with van der Waals surface area (Å²) < 4.78 is 0. The maximum absolute atomic E-state index is 11.1. The number of nitro groups is 1. The van der Waals surface area contributed by atoms with Crippen molar-refractivity contribution in [1.29, 1.82) is 0 Å². The largest absolute Gasteiger partial charge is 0.507 e. The molecule has 0 aromatic heterocycles. The quantitative estimate of drug-likeness (QED) is 0.302. The molecule has 0 heterocycles. The summed E-state index contributed by atoms with van der Waals surface area (Å²) in [6, 6.07) is 12.9. The van der Waals surface area contributed by atoms with Gasteiger partial charge in [0.2, 0.25) is 0 Å². The van der Waals surface area contributed by atoms with Gasteiger partial charge in [-0.2, -0.15) is 0 Å². The van der Waals surface area contributed by atoms with Gasteiger partial charge in [0.15, 0.2) is 0 Å². The number of phenols is 2. The number of nitrogens with zero attached hydrogens (tertiary/aromatic N) is 3. The fourth-order valence-corrected chi connectivity index (χ4v) is 2.73. The van der Waals surface area contributed by atoms with E-state index >= 15 is 0 Å². The highest BCUT2D eigenvalue weighted by Gasteiger charge is 2.10. The lowest BCUT2D eigenvalue weighted by molar-refractivity contribution is -0.384. The van der Waals surface area contributed by atoms with Crippen LogP contribution in [0.5, 0.6) is 11.5 Å². The zero-order chi connectivity index (χ0) is 21.0. The smallest absolute Gasteiger partial charge is 0.271 e. The van der Waals surface area contributed by atoms with Crippen LogP contribution in [0, 0.1) is 10.1 Å². The highest BCUT2D eigenvalue weighted by molar-refractivity contribution is 6.31. The third kappa shape index (κ3) is 5.10. The van der Waals surface area contributed by atoms with E-state index in [-0.39, 0.29) is 22.9 Å². The summed E-state index contributed by atoms with van der Waals surface area (Å²) in [7, 11) is 0. The molecular formula is C20H13Cl2N3O4. The monoisotopic (exact) mass is 429 g/mol. The predicted octanol–water partition coefficient (Wildman–Crippen LogP) is 5.81. The molecule has 0 unspecified atom stereocenters. The first-order valence-corrected chi connectivity index (χ1v) is 8.92. The van der Waals surface area contributed by atoms with Gasteiger partial charge in [0.25, 0.3) is 5.69 Å². The topological polar surface area (TPSA) is 108 Å². The second kappa shape index (κ2) is 8.72. The molecule has 0 atom stereocenters. The number of non-ortho nitro benzene ring substituents is 1. The molecule has 0 spiro atoms. The number of rotatable bonds is 5. The molecule has 9 heteroatoms. The first-order chi connectivity index (χ1) is 13.8. The van der Waals surface area contributed by atoms with Crippen LogP contribution in [0.1, 0.15) is 11.1 Å². The van der Waals surface area contributed by atoms with E-state index in [1.54, 1.807) is 0 Å². The molecular weight excluding hydrogens is 417 g/mol. The Kier molecular flexibility index (Phi) is 6.11. The average Bonchev–Trinajstić information content (AvgIpc) is 2.69. The molecule has 7 nitrogen and oxygen atoms in total. The summed E-state index contributed by atoms with van der Waals surface area (Å²) in [6.07, 6.45) is 2.70. The van der Waals surface area contributed by atoms with Gasteiger partial charge in [-0.15, -0.1) is 0 Å². The second-order valence-corrected chi connectivity index (χ2v) is 6.73. The van der Waals surface area contributed by atoms with Crippen molar-refractivity contribution < 1.29 is 15.1 Å². The molecule has 0 radical (unpaired) electrons. The molecule has 0 aliphatic heterocycles. The van der Waals surface area contributed by atoms with Gasteiger partial charge >= 0.3 is 0 Å². The molecule has 2 N–H and O–H groups in total. The Hall–Kier alpha value is -3.42. The Morgan fingerprint density at radius 1 is 0.793 bits per heavy atom. The Balaban J connectivity index is 2.02. The highest BCUT2D eigenvalue weighted by Crippen LogP contribution is 2.33. The zero-order valence-electron chi connectivity index (χ0n) is 14.7. The van der Waals surface area contributed by atoms with Crippen molar-refractivity contribution in [2.75, 3.05) is 0 Å². The molecule has 0 amide bonds. The number of benzene rings is 3. The first kappa shape index (κ1) is 20.3. The molecule has 0 saturated carbocycles. The van der Waals surface area contributed by atoms with E-state index in [9.17, 15) is 20.3 Å². The standard InChI is InChI=1S/C20H13Cl2N3O4/c21-14-1-5-19(26)12(7-14)10-23-17-4-3-16(25(28)29)9-18(17)24-11-13-8-15(22)2-6-20(13)27/h1-11,26-27H. The lowest BCUT2D eigenvalue weighted by Crippen LogP contribution is -1.88. The van der Waals surface area contributed by atoms with E-state index in [1.807, 2.05) is 0 Å². The van der Waals surface area contributed by atoms with Crippen LogP contribution in [0.3, 0.4) is 0 Å². The molecule has 0 saturated heterocycles. The number of halogens is 2. The Morgan fingerprint density at radius 2 is 1.31 bits per heavy atom. The van der Waals surface area contributed by atoms with Crippen molar-refractivity contribution in [2.24, 2.45) is 9.98 Å². The summed E-state index contributed by atoms with van der Waals surface area (Å²) in [4.78, 5) is 19.0.